The van der Waals surface area contributed by atoms with Crippen LogP contribution in [0.15, 0.2) is 42.5 Å². The number of nitrogens with one attached hydrogen (secondary N) is 1. The molecule has 0 aliphatic carbocycles. The van der Waals surface area contributed by atoms with Crippen molar-refractivity contribution in [2.24, 2.45) is 0 Å². The number of aryl methyl sites for hydroxylation is 1. The molecular formula is C18H21NO3. The van der Waals surface area contributed by atoms with E-state index in [4.69, 9.17) is 4.74 Å². The fraction of sp³-hybridized carbons (Fsp3) is 0.278. The van der Waals surface area contributed by atoms with E-state index in [0.29, 0.717) is 6.61 Å². The molecule has 0 aliphatic rings. The van der Waals surface area contributed by atoms with E-state index in [0.717, 1.165) is 28.1 Å². The second-order valence-electron chi connectivity index (χ2n) is 5.11. The zero-order chi connectivity index (χ0) is 15.9. The quantitative estimate of drug-likeness (QED) is 0.862. The lowest BCUT2D eigenvalue weighted by Crippen LogP contribution is -2.15. The highest BCUT2D eigenvalue weighted by Crippen LogP contribution is 2.18. The standard InChI is InChI=1S/C18H21NO3/c1-3-22-16-6-4-5-14(9-16)11-18(21)19-17-10-15(12-20)8-7-13(17)2/h4-10,20H,3,11-12H2,1-2H3,(H,19,21). The molecular weight excluding hydrogens is 278 g/mol. The van der Waals surface area contributed by atoms with Crippen molar-refractivity contribution in [2.75, 3.05) is 11.9 Å². The van der Waals surface area contributed by atoms with Crippen LogP contribution in [-0.4, -0.2) is 17.6 Å². The van der Waals surface area contributed by atoms with E-state index in [9.17, 15) is 9.90 Å². The monoisotopic (exact) mass is 299 g/mol. The van der Waals surface area contributed by atoms with Crippen molar-refractivity contribution in [1.82, 2.24) is 0 Å². The van der Waals surface area contributed by atoms with Crippen molar-refractivity contribution in [3.05, 3.63) is 59.2 Å². The third-order valence-corrected chi connectivity index (χ3v) is 3.33. The predicted molar refractivity (Wildman–Crippen MR) is 87.0 cm³/mol. The molecule has 0 unspecified atom stereocenters. The molecule has 4 heteroatoms. The van der Waals surface area contributed by atoms with Crippen molar-refractivity contribution < 1.29 is 14.6 Å². The summed E-state index contributed by atoms with van der Waals surface area (Å²) in [4.78, 5) is 12.2. The fourth-order valence-corrected chi connectivity index (χ4v) is 2.19. The van der Waals surface area contributed by atoms with Gasteiger partial charge in [-0.05, 0) is 48.7 Å². The lowest BCUT2D eigenvalue weighted by molar-refractivity contribution is -0.115. The first-order valence-corrected chi connectivity index (χ1v) is 7.34. The fourth-order valence-electron chi connectivity index (χ4n) is 2.19. The summed E-state index contributed by atoms with van der Waals surface area (Å²) in [7, 11) is 0. The Kier molecular flexibility index (Phi) is 5.55. The van der Waals surface area contributed by atoms with E-state index in [-0.39, 0.29) is 18.9 Å². The van der Waals surface area contributed by atoms with Crippen LogP contribution in [0.3, 0.4) is 0 Å². The molecule has 2 aromatic rings. The van der Waals surface area contributed by atoms with Crippen LogP contribution in [0.1, 0.15) is 23.6 Å². The Hall–Kier alpha value is -2.33. The Morgan fingerprint density at radius 1 is 1.18 bits per heavy atom. The van der Waals surface area contributed by atoms with Crippen LogP contribution in [0, 0.1) is 6.92 Å². The Morgan fingerprint density at radius 3 is 2.73 bits per heavy atom. The molecule has 0 atom stereocenters. The molecule has 0 saturated heterocycles. The van der Waals surface area contributed by atoms with Crippen LogP contribution in [0.25, 0.3) is 0 Å². The third-order valence-electron chi connectivity index (χ3n) is 3.33. The number of ether oxygens (including phenoxy) is 1. The first kappa shape index (κ1) is 16.0. The molecule has 0 bridgehead atoms. The molecule has 0 aliphatic heterocycles. The number of carbonyl (C=O) groups excluding carboxylic acids is 1. The van der Waals surface area contributed by atoms with Crippen LogP contribution < -0.4 is 10.1 Å². The van der Waals surface area contributed by atoms with Gasteiger partial charge in [-0.15, -0.1) is 0 Å². The zero-order valence-electron chi connectivity index (χ0n) is 12.9. The lowest BCUT2D eigenvalue weighted by atomic mass is 10.1. The minimum Gasteiger partial charge on any atom is -0.494 e. The maximum atomic E-state index is 12.2. The van der Waals surface area contributed by atoms with Crippen LogP contribution in [0.2, 0.25) is 0 Å². The van der Waals surface area contributed by atoms with Gasteiger partial charge in [0.2, 0.25) is 5.91 Å². The van der Waals surface area contributed by atoms with E-state index >= 15 is 0 Å². The number of aliphatic hydroxyl groups excluding tert-OH is 1. The number of benzene rings is 2. The van der Waals surface area contributed by atoms with Crippen LogP contribution in [0.5, 0.6) is 5.75 Å². The van der Waals surface area contributed by atoms with Gasteiger partial charge in [0.15, 0.2) is 0 Å². The van der Waals surface area contributed by atoms with Crippen LogP contribution in [-0.2, 0) is 17.8 Å². The smallest absolute Gasteiger partial charge is 0.228 e. The van der Waals surface area contributed by atoms with Gasteiger partial charge in [0, 0.05) is 5.69 Å². The molecule has 2 rings (SSSR count). The number of carbonyl (C=O) groups is 1. The molecule has 0 radical (unpaired) electrons. The first-order valence-electron chi connectivity index (χ1n) is 7.34. The highest BCUT2D eigenvalue weighted by molar-refractivity contribution is 5.93. The number of amides is 1. The molecule has 116 valence electrons. The van der Waals surface area contributed by atoms with Gasteiger partial charge in [-0.25, -0.2) is 0 Å². The summed E-state index contributed by atoms with van der Waals surface area (Å²) in [5.41, 5.74) is 3.38. The topological polar surface area (TPSA) is 58.6 Å². The predicted octanol–water partition coefficient (Wildman–Crippen LogP) is 3.07. The highest BCUT2D eigenvalue weighted by atomic mass is 16.5. The number of aliphatic hydroxyl groups is 1. The number of hydrogen-bond donors (Lipinski definition) is 2. The molecule has 2 N–H and O–H groups in total. The average molecular weight is 299 g/mol. The molecule has 4 nitrogen and oxygen atoms in total. The molecule has 0 fully saturated rings. The summed E-state index contributed by atoms with van der Waals surface area (Å²) in [5.74, 6) is 0.679. The van der Waals surface area contributed by atoms with E-state index in [1.807, 2.05) is 50.2 Å². The molecule has 0 saturated carbocycles. The second kappa shape index (κ2) is 7.61. The van der Waals surface area contributed by atoms with Gasteiger partial charge in [-0.1, -0.05) is 24.3 Å². The summed E-state index contributed by atoms with van der Waals surface area (Å²) in [6, 6.07) is 13.1. The van der Waals surface area contributed by atoms with Gasteiger partial charge < -0.3 is 15.2 Å². The summed E-state index contributed by atoms with van der Waals surface area (Å²) in [6.45, 7) is 4.41. The van der Waals surface area contributed by atoms with Crippen molar-refractivity contribution >= 4 is 11.6 Å². The maximum absolute atomic E-state index is 12.2. The molecule has 0 spiro atoms. The van der Waals surface area contributed by atoms with E-state index in [1.54, 1.807) is 6.07 Å². The van der Waals surface area contributed by atoms with E-state index in [2.05, 4.69) is 5.32 Å². The molecule has 2 aromatic carbocycles. The summed E-state index contributed by atoms with van der Waals surface area (Å²) in [5, 5.41) is 12.1. The van der Waals surface area contributed by atoms with Crippen molar-refractivity contribution in [2.45, 2.75) is 26.9 Å². The van der Waals surface area contributed by atoms with Gasteiger partial charge >= 0.3 is 0 Å². The Morgan fingerprint density at radius 2 is 2.00 bits per heavy atom. The normalized spacial score (nSPS) is 10.3. The van der Waals surface area contributed by atoms with Crippen molar-refractivity contribution in [3.63, 3.8) is 0 Å². The SMILES string of the molecule is CCOc1cccc(CC(=O)Nc2cc(CO)ccc2C)c1. The van der Waals surface area contributed by atoms with Gasteiger partial charge in [0.1, 0.15) is 5.75 Å². The minimum atomic E-state index is -0.0909. The van der Waals surface area contributed by atoms with Gasteiger partial charge in [0.05, 0.1) is 19.6 Å². The van der Waals surface area contributed by atoms with Gasteiger partial charge in [0.25, 0.3) is 0 Å². The summed E-state index contributed by atoms with van der Waals surface area (Å²) < 4.78 is 5.44. The Bertz CT molecular complexity index is 653. The Labute approximate surface area is 130 Å². The minimum absolute atomic E-state index is 0.0421. The average Bonchev–Trinajstić information content (AvgIpc) is 2.50. The van der Waals surface area contributed by atoms with E-state index in [1.165, 1.54) is 0 Å². The van der Waals surface area contributed by atoms with Crippen LogP contribution >= 0.6 is 0 Å². The van der Waals surface area contributed by atoms with E-state index < -0.39 is 0 Å². The summed E-state index contributed by atoms with van der Waals surface area (Å²) >= 11 is 0. The van der Waals surface area contributed by atoms with Gasteiger partial charge in [-0.2, -0.15) is 0 Å². The van der Waals surface area contributed by atoms with Gasteiger partial charge in [-0.3, -0.25) is 4.79 Å². The number of anilines is 1. The highest BCUT2D eigenvalue weighted by Gasteiger charge is 2.07. The number of hydrogen-bond acceptors (Lipinski definition) is 3. The van der Waals surface area contributed by atoms with Crippen LogP contribution in [0.4, 0.5) is 5.69 Å². The number of rotatable bonds is 6. The zero-order valence-corrected chi connectivity index (χ0v) is 12.9. The summed E-state index contributed by atoms with van der Waals surface area (Å²) in [6.07, 6.45) is 0.281. The molecule has 0 aromatic heterocycles. The van der Waals surface area contributed by atoms with Crippen molar-refractivity contribution in [3.8, 4) is 5.75 Å². The van der Waals surface area contributed by atoms with Crippen molar-refractivity contribution in [1.29, 1.82) is 0 Å². The molecule has 22 heavy (non-hydrogen) atoms. The maximum Gasteiger partial charge on any atom is 0.228 e. The first-order chi connectivity index (χ1) is 10.6. The Balaban J connectivity index is 2.05. The second-order valence-corrected chi connectivity index (χ2v) is 5.11. The molecule has 0 heterocycles. The lowest BCUT2D eigenvalue weighted by Gasteiger charge is -2.10. The third kappa shape index (κ3) is 4.33. The largest absolute Gasteiger partial charge is 0.494 e. The molecule has 1 amide bonds.